The second kappa shape index (κ2) is 6.61. The molecule has 0 saturated carbocycles. The Morgan fingerprint density at radius 1 is 1.27 bits per heavy atom. The molecule has 0 spiro atoms. The molecule has 0 bridgehead atoms. The molecule has 0 radical (unpaired) electrons. The largest absolute Gasteiger partial charge is 0.467 e. The summed E-state index contributed by atoms with van der Waals surface area (Å²) >= 11 is 0. The van der Waals surface area contributed by atoms with E-state index >= 15 is 0 Å². The standard InChI is InChI=1S/C14H15FN2O4S/c1-22(19,20)17(12-6-4-11(15)5-7-12)10-14(18)16-9-13-3-2-8-21-13/h2-8H,9-10H2,1H3,(H,16,18). The molecular formula is C14H15FN2O4S. The third-order valence-corrected chi connectivity index (χ3v) is 3.98. The van der Waals surface area contributed by atoms with Crippen molar-refractivity contribution in [2.75, 3.05) is 17.1 Å². The van der Waals surface area contributed by atoms with Crippen LogP contribution in [0, 0.1) is 5.82 Å². The van der Waals surface area contributed by atoms with Gasteiger partial charge in [-0.05, 0) is 36.4 Å². The molecule has 1 N–H and O–H groups in total. The maximum absolute atomic E-state index is 12.9. The number of halogens is 1. The van der Waals surface area contributed by atoms with Gasteiger partial charge in [0.2, 0.25) is 15.9 Å². The third kappa shape index (κ3) is 4.32. The van der Waals surface area contributed by atoms with Gasteiger partial charge in [0.15, 0.2) is 0 Å². The van der Waals surface area contributed by atoms with Crippen molar-refractivity contribution >= 4 is 21.6 Å². The minimum absolute atomic E-state index is 0.160. The van der Waals surface area contributed by atoms with E-state index in [1.165, 1.54) is 18.4 Å². The SMILES string of the molecule is CS(=O)(=O)N(CC(=O)NCc1ccco1)c1ccc(F)cc1. The summed E-state index contributed by atoms with van der Waals surface area (Å²) in [5, 5.41) is 2.56. The number of nitrogens with one attached hydrogen (secondary N) is 1. The lowest BCUT2D eigenvalue weighted by Crippen LogP contribution is -2.40. The highest BCUT2D eigenvalue weighted by molar-refractivity contribution is 7.92. The summed E-state index contributed by atoms with van der Waals surface area (Å²) in [6, 6.07) is 8.24. The minimum atomic E-state index is -3.67. The Kier molecular flexibility index (Phi) is 4.81. The van der Waals surface area contributed by atoms with Gasteiger partial charge >= 0.3 is 0 Å². The number of nitrogens with zero attached hydrogens (tertiary/aromatic N) is 1. The van der Waals surface area contributed by atoms with E-state index in [-0.39, 0.29) is 12.2 Å². The van der Waals surface area contributed by atoms with Crippen LogP contribution in [0.3, 0.4) is 0 Å². The predicted octanol–water partition coefficient (Wildman–Crippen LogP) is 1.50. The third-order valence-electron chi connectivity index (χ3n) is 2.84. The number of hydrogen-bond donors (Lipinski definition) is 1. The summed E-state index contributed by atoms with van der Waals surface area (Å²) in [7, 11) is -3.67. The first-order chi connectivity index (χ1) is 10.4. The summed E-state index contributed by atoms with van der Waals surface area (Å²) in [6.45, 7) is -0.238. The zero-order chi connectivity index (χ0) is 16.2. The Bertz CT molecular complexity index is 727. The van der Waals surface area contributed by atoms with E-state index in [4.69, 9.17) is 4.42 Å². The average Bonchev–Trinajstić information content (AvgIpc) is 2.96. The lowest BCUT2D eigenvalue weighted by atomic mass is 10.3. The molecule has 0 aliphatic carbocycles. The molecule has 2 aromatic rings. The summed E-state index contributed by atoms with van der Waals surface area (Å²) < 4.78 is 42.5. The van der Waals surface area contributed by atoms with Crippen molar-refractivity contribution in [2.45, 2.75) is 6.54 Å². The van der Waals surface area contributed by atoms with Gasteiger partial charge in [-0.1, -0.05) is 0 Å². The molecule has 0 unspecified atom stereocenters. The van der Waals surface area contributed by atoms with Crippen molar-refractivity contribution in [3.63, 3.8) is 0 Å². The van der Waals surface area contributed by atoms with Crippen molar-refractivity contribution in [1.29, 1.82) is 0 Å². The Labute approximate surface area is 127 Å². The van der Waals surface area contributed by atoms with Crippen LogP contribution in [0.25, 0.3) is 0 Å². The van der Waals surface area contributed by atoms with Crippen LogP contribution in [0.4, 0.5) is 10.1 Å². The molecule has 22 heavy (non-hydrogen) atoms. The van der Waals surface area contributed by atoms with Crippen molar-refractivity contribution in [2.24, 2.45) is 0 Å². The van der Waals surface area contributed by atoms with Crippen LogP contribution in [0.2, 0.25) is 0 Å². The highest BCUT2D eigenvalue weighted by Gasteiger charge is 2.20. The maximum Gasteiger partial charge on any atom is 0.241 e. The highest BCUT2D eigenvalue weighted by Crippen LogP contribution is 2.17. The number of carbonyl (C=O) groups excluding carboxylic acids is 1. The molecule has 0 aliphatic rings. The minimum Gasteiger partial charge on any atom is -0.467 e. The van der Waals surface area contributed by atoms with Gasteiger partial charge in [-0.2, -0.15) is 0 Å². The lowest BCUT2D eigenvalue weighted by molar-refractivity contribution is -0.119. The van der Waals surface area contributed by atoms with Crippen LogP contribution in [0.15, 0.2) is 47.1 Å². The van der Waals surface area contributed by atoms with Gasteiger partial charge in [0.05, 0.1) is 24.8 Å². The summed E-state index contributed by atoms with van der Waals surface area (Å²) in [5.74, 6) is -0.424. The fourth-order valence-electron chi connectivity index (χ4n) is 1.79. The van der Waals surface area contributed by atoms with E-state index < -0.39 is 28.3 Å². The number of sulfonamides is 1. The summed E-state index contributed by atoms with van der Waals surface area (Å²) in [6.07, 6.45) is 2.46. The summed E-state index contributed by atoms with van der Waals surface area (Å²) in [5.41, 5.74) is 0.219. The molecule has 1 aromatic heterocycles. The van der Waals surface area contributed by atoms with Gasteiger partial charge in [0, 0.05) is 0 Å². The van der Waals surface area contributed by atoms with Crippen LogP contribution in [0.5, 0.6) is 0 Å². The van der Waals surface area contributed by atoms with Gasteiger partial charge in [0.1, 0.15) is 18.1 Å². The van der Waals surface area contributed by atoms with E-state index in [0.29, 0.717) is 5.76 Å². The first kappa shape index (κ1) is 16.0. The Balaban J connectivity index is 2.07. The van der Waals surface area contributed by atoms with E-state index in [9.17, 15) is 17.6 Å². The molecule has 0 saturated heterocycles. The number of rotatable bonds is 6. The van der Waals surface area contributed by atoms with Gasteiger partial charge in [-0.25, -0.2) is 12.8 Å². The van der Waals surface area contributed by atoms with E-state index in [1.54, 1.807) is 12.1 Å². The molecule has 1 aromatic carbocycles. The first-order valence-corrected chi connectivity index (χ1v) is 8.23. The Morgan fingerprint density at radius 2 is 1.95 bits per heavy atom. The topological polar surface area (TPSA) is 79.6 Å². The zero-order valence-corrected chi connectivity index (χ0v) is 12.6. The van der Waals surface area contributed by atoms with Crippen molar-refractivity contribution in [3.8, 4) is 0 Å². The molecule has 2 rings (SSSR count). The molecule has 0 aliphatic heterocycles. The maximum atomic E-state index is 12.9. The smallest absolute Gasteiger partial charge is 0.241 e. The number of anilines is 1. The lowest BCUT2D eigenvalue weighted by Gasteiger charge is -2.21. The van der Waals surface area contributed by atoms with E-state index in [2.05, 4.69) is 5.32 Å². The van der Waals surface area contributed by atoms with Crippen LogP contribution in [-0.4, -0.2) is 27.1 Å². The predicted molar refractivity (Wildman–Crippen MR) is 79.1 cm³/mol. The Morgan fingerprint density at radius 3 is 2.50 bits per heavy atom. The number of benzene rings is 1. The van der Waals surface area contributed by atoms with Crippen LogP contribution in [-0.2, 0) is 21.4 Å². The van der Waals surface area contributed by atoms with Crippen LogP contribution in [0.1, 0.15) is 5.76 Å². The quantitative estimate of drug-likeness (QED) is 0.872. The molecule has 1 heterocycles. The van der Waals surface area contributed by atoms with Crippen molar-refractivity contribution < 1.29 is 22.0 Å². The molecule has 1 amide bonds. The highest BCUT2D eigenvalue weighted by atomic mass is 32.2. The van der Waals surface area contributed by atoms with Crippen molar-refractivity contribution in [1.82, 2.24) is 5.32 Å². The number of amides is 1. The average molecular weight is 326 g/mol. The van der Waals surface area contributed by atoms with Crippen LogP contribution < -0.4 is 9.62 Å². The fourth-order valence-corrected chi connectivity index (χ4v) is 2.65. The van der Waals surface area contributed by atoms with E-state index in [0.717, 1.165) is 22.7 Å². The number of furan rings is 1. The molecular weight excluding hydrogens is 311 g/mol. The molecule has 8 heteroatoms. The summed E-state index contributed by atoms with van der Waals surface area (Å²) in [4.78, 5) is 11.9. The molecule has 6 nitrogen and oxygen atoms in total. The van der Waals surface area contributed by atoms with Crippen molar-refractivity contribution in [3.05, 3.63) is 54.2 Å². The van der Waals surface area contributed by atoms with Gasteiger partial charge in [0.25, 0.3) is 0 Å². The normalized spacial score (nSPS) is 11.2. The molecule has 118 valence electrons. The van der Waals surface area contributed by atoms with Gasteiger partial charge in [-0.3, -0.25) is 9.10 Å². The molecule has 0 atom stereocenters. The Hall–Kier alpha value is -2.35. The zero-order valence-electron chi connectivity index (χ0n) is 11.8. The first-order valence-electron chi connectivity index (χ1n) is 6.38. The molecule has 0 fully saturated rings. The van der Waals surface area contributed by atoms with Crippen LogP contribution >= 0.6 is 0 Å². The van der Waals surface area contributed by atoms with Gasteiger partial charge in [-0.15, -0.1) is 0 Å². The fraction of sp³-hybridized carbons (Fsp3) is 0.214. The monoisotopic (exact) mass is 326 g/mol. The second-order valence-electron chi connectivity index (χ2n) is 4.60. The number of carbonyl (C=O) groups is 1. The van der Waals surface area contributed by atoms with E-state index in [1.807, 2.05) is 0 Å². The number of hydrogen-bond acceptors (Lipinski definition) is 4. The second-order valence-corrected chi connectivity index (χ2v) is 6.51. The van der Waals surface area contributed by atoms with Gasteiger partial charge < -0.3 is 9.73 Å².